The summed E-state index contributed by atoms with van der Waals surface area (Å²) < 4.78 is 28.7. The van der Waals surface area contributed by atoms with Crippen molar-refractivity contribution < 1.29 is 8.42 Å². The Morgan fingerprint density at radius 2 is 2.00 bits per heavy atom. The zero-order valence-corrected chi connectivity index (χ0v) is 11.8. The van der Waals surface area contributed by atoms with Gasteiger partial charge < -0.3 is 4.57 Å². The standard InChI is InChI=1S/C13H16N4O2S/c18-20(19,12-4-2-1-3-5-12)15-9-8-13-16-14-10-17(13)11-6-7-11/h1-5,10-11,15H,6-9H2. The quantitative estimate of drug-likeness (QED) is 0.866. The third kappa shape index (κ3) is 2.88. The maximum absolute atomic E-state index is 12.0. The van der Waals surface area contributed by atoms with E-state index in [1.54, 1.807) is 36.7 Å². The maximum Gasteiger partial charge on any atom is 0.240 e. The van der Waals surface area contributed by atoms with Crippen LogP contribution in [0.2, 0.25) is 0 Å². The lowest BCUT2D eigenvalue weighted by Crippen LogP contribution is -2.26. The number of nitrogens with zero attached hydrogens (tertiary/aromatic N) is 3. The number of hydrogen-bond donors (Lipinski definition) is 1. The Balaban J connectivity index is 1.61. The Labute approximate surface area is 117 Å². The van der Waals surface area contributed by atoms with E-state index in [2.05, 4.69) is 14.9 Å². The SMILES string of the molecule is O=S(=O)(NCCc1nncn1C1CC1)c1ccccc1. The molecular weight excluding hydrogens is 276 g/mol. The molecule has 1 heterocycles. The van der Waals surface area contributed by atoms with Crippen molar-refractivity contribution >= 4 is 10.0 Å². The number of rotatable bonds is 6. The van der Waals surface area contributed by atoms with Gasteiger partial charge in [0.2, 0.25) is 10.0 Å². The Kier molecular flexibility index (Phi) is 3.54. The van der Waals surface area contributed by atoms with E-state index in [0.717, 1.165) is 18.7 Å². The van der Waals surface area contributed by atoms with Gasteiger partial charge in [-0.15, -0.1) is 10.2 Å². The van der Waals surface area contributed by atoms with Gasteiger partial charge in [0.05, 0.1) is 4.90 Å². The fourth-order valence-corrected chi connectivity index (χ4v) is 3.14. The lowest BCUT2D eigenvalue weighted by Gasteiger charge is -2.07. The zero-order valence-electron chi connectivity index (χ0n) is 10.9. The topological polar surface area (TPSA) is 76.9 Å². The summed E-state index contributed by atoms with van der Waals surface area (Å²) >= 11 is 0. The Bertz CT molecular complexity index is 677. The van der Waals surface area contributed by atoms with Gasteiger partial charge in [0, 0.05) is 19.0 Å². The number of benzene rings is 1. The fourth-order valence-electron chi connectivity index (χ4n) is 2.08. The van der Waals surface area contributed by atoms with Gasteiger partial charge >= 0.3 is 0 Å². The molecule has 3 rings (SSSR count). The average Bonchev–Trinajstić information content (AvgIpc) is 3.20. The zero-order chi connectivity index (χ0) is 14.0. The number of hydrogen-bond acceptors (Lipinski definition) is 4. The number of sulfonamides is 1. The minimum Gasteiger partial charge on any atom is -0.314 e. The molecule has 1 aromatic heterocycles. The first-order chi connectivity index (χ1) is 9.67. The Hall–Kier alpha value is -1.73. The third-order valence-electron chi connectivity index (χ3n) is 3.28. The molecule has 0 bridgehead atoms. The largest absolute Gasteiger partial charge is 0.314 e. The van der Waals surface area contributed by atoms with Gasteiger partial charge in [0.1, 0.15) is 12.2 Å². The Morgan fingerprint density at radius 3 is 2.70 bits per heavy atom. The molecule has 1 aliphatic rings. The molecule has 0 atom stereocenters. The van der Waals surface area contributed by atoms with Crippen molar-refractivity contribution in [2.75, 3.05) is 6.54 Å². The molecule has 0 radical (unpaired) electrons. The van der Waals surface area contributed by atoms with Crippen molar-refractivity contribution in [1.29, 1.82) is 0 Å². The first-order valence-electron chi connectivity index (χ1n) is 6.60. The van der Waals surface area contributed by atoms with Crippen molar-refractivity contribution in [3.05, 3.63) is 42.5 Å². The van der Waals surface area contributed by atoms with Gasteiger partial charge in [-0.1, -0.05) is 18.2 Å². The van der Waals surface area contributed by atoms with E-state index in [9.17, 15) is 8.42 Å². The molecule has 1 N–H and O–H groups in total. The van der Waals surface area contributed by atoms with Gasteiger partial charge in [-0.2, -0.15) is 0 Å². The first kappa shape index (κ1) is 13.3. The lowest BCUT2D eigenvalue weighted by atomic mass is 10.4. The first-order valence-corrected chi connectivity index (χ1v) is 8.08. The summed E-state index contributed by atoms with van der Waals surface area (Å²) in [6, 6.07) is 8.86. The van der Waals surface area contributed by atoms with Crippen molar-refractivity contribution in [2.24, 2.45) is 0 Å². The highest BCUT2D eigenvalue weighted by Gasteiger charge is 2.26. The molecule has 0 spiro atoms. The molecule has 0 unspecified atom stereocenters. The third-order valence-corrected chi connectivity index (χ3v) is 4.76. The second kappa shape index (κ2) is 5.34. The summed E-state index contributed by atoms with van der Waals surface area (Å²) in [5.74, 6) is 0.836. The number of nitrogens with one attached hydrogen (secondary N) is 1. The second-order valence-electron chi connectivity index (χ2n) is 4.85. The molecule has 1 fully saturated rings. The summed E-state index contributed by atoms with van der Waals surface area (Å²) in [7, 11) is -3.44. The van der Waals surface area contributed by atoms with Crippen LogP contribution in [0.15, 0.2) is 41.6 Å². The Morgan fingerprint density at radius 1 is 1.25 bits per heavy atom. The van der Waals surface area contributed by atoms with Crippen molar-refractivity contribution in [3.8, 4) is 0 Å². The smallest absolute Gasteiger partial charge is 0.240 e. The monoisotopic (exact) mass is 292 g/mol. The summed E-state index contributed by atoms with van der Waals surface area (Å²) in [5.41, 5.74) is 0. The molecule has 0 amide bonds. The van der Waals surface area contributed by atoms with E-state index in [4.69, 9.17) is 0 Å². The molecule has 1 aromatic carbocycles. The molecule has 20 heavy (non-hydrogen) atoms. The highest BCUT2D eigenvalue weighted by atomic mass is 32.2. The second-order valence-corrected chi connectivity index (χ2v) is 6.61. The predicted octanol–water partition coefficient (Wildman–Crippen LogP) is 1.13. The van der Waals surface area contributed by atoms with Crippen LogP contribution in [0.4, 0.5) is 0 Å². The van der Waals surface area contributed by atoms with Gasteiger partial charge in [-0.3, -0.25) is 0 Å². The average molecular weight is 292 g/mol. The van der Waals surface area contributed by atoms with Gasteiger partial charge in [0.15, 0.2) is 0 Å². The van der Waals surface area contributed by atoms with Gasteiger partial charge in [-0.25, -0.2) is 13.1 Å². The van der Waals surface area contributed by atoms with Crippen LogP contribution in [0, 0.1) is 0 Å². The minimum absolute atomic E-state index is 0.281. The van der Waals surface area contributed by atoms with Crippen LogP contribution in [0.1, 0.15) is 24.7 Å². The van der Waals surface area contributed by atoms with Crippen LogP contribution in [0.3, 0.4) is 0 Å². The molecule has 6 nitrogen and oxygen atoms in total. The van der Waals surface area contributed by atoms with E-state index >= 15 is 0 Å². The van der Waals surface area contributed by atoms with E-state index in [0.29, 0.717) is 19.0 Å². The van der Waals surface area contributed by atoms with E-state index in [-0.39, 0.29) is 4.90 Å². The molecule has 1 saturated carbocycles. The maximum atomic E-state index is 12.0. The van der Waals surface area contributed by atoms with E-state index in [1.165, 1.54) is 0 Å². The van der Waals surface area contributed by atoms with Crippen molar-refractivity contribution in [2.45, 2.75) is 30.2 Å². The molecule has 0 saturated heterocycles. The van der Waals surface area contributed by atoms with Crippen molar-refractivity contribution in [3.63, 3.8) is 0 Å². The summed E-state index contributed by atoms with van der Waals surface area (Å²) in [4.78, 5) is 0.281. The highest BCUT2D eigenvalue weighted by molar-refractivity contribution is 7.89. The fraction of sp³-hybridized carbons (Fsp3) is 0.385. The van der Waals surface area contributed by atoms with Crippen LogP contribution < -0.4 is 4.72 Å². The summed E-state index contributed by atoms with van der Waals surface area (Å²) in [6.07, 6.45) is 4.57. The molecule has 1 aliphatic carbocycles. The lowest BCUT2D eigenvalue weighted by molar-refractivity contribution is 0.578. The summed E-state index contributed by atoms with van der Waals surface area (Å²) in [5, 5.41) is 7.94. The molecule has 2 aromatic rings. The van der Waals surface area contributed by atoms with Crippen LogP contribution in [0.25, 0.3) is 0 Å². The van der Waals surface area contributed by atoms with Gasteiger partial charge in [-0.05, 0) is 25.0 Å². The molecule has 0 aliphatic heterocycles. The van der Waals surface area contributed by atoms with Gasteiger partial charge in [0.25, 0.3) is 0 Å². The normalized spacial score (nSPS) is 15.4. The van der Waals surface area contributed by atoms with Crippen molar-refractivity contribution in [1.82, 2.24) is 19.5 Å². The predicted molar refractivity (Wildman–Crippen MR) is 73.6 cm³/mol. The molecule has 7 heteroatoms. The molecular formula is C13H16N4O2S. The van der Waals surface area contributed by atoms with E-state index < -0.39 is 10.0 Å². The summed E-state index contributed by atoms with van der Waals surface area (Å²) in [6.45, 7) is 0.322. The van der Waals surface area contributed by atoms with Crippen LogP contribution in [-0.4, -0.2) is 29.7 Å². The van der Waals surface area contributed by atoms with Crippen LogP contribution >= 0.6 is 0 Å². The van der Waals surface area contributed by atoms with Crippen LogP contribution in [0.5, 0.6) is 0 Å². The van der Waals surface area contributed by atoms with Crippen LogP contribution in [-0.2, 0) is 16.4 Å². The highest BCUT2D eigenvalue weighted by Crippen LogP contribution is 2.35. The minimum atomic E-state index is -3.44. The molecule has 106 valence electrons. The number of aromatic nitrogens is 3. The van der Waals surface area contributed by atoms with E-state index in [1.807, 2.05) is 4.57 Å².